The first-order valence-electron chi connectivity index (χ1n) is 6.86. The summed E-state index contributed by atoms with van der Waals surface area (Å²) in [6, 6.07) is 0. The smallest absolute Gasteiger partial charge is 0.158 e. The summed E-state index contributed by atoms with van der Waals surface area (Å²) < 4.78 is 16.9. The van der Waals surface area contributed by atoms with E-state index >= 15 is 0 Å². The van der Waals surface area contributed by atoms with E-state index in [0.717, 1.165) is 25.9 Å². The van der Waals surface area contributed by atoms with Gasteiger partial charge in [-0.2, -0.15) is 0 Å². The number of carbonyl (C=O) groups excluding carboxylic acids is 1. The zero-order chi connectivity index (χ0) is 13.4. The molecule has 1 rings (SSSR count). The highest BCUT2D eigenvalue weighted by atomic mass is 16.7. The number of carbonyl (C=O) groups is 1. The lowest BCUT2D eigenvalue weighted by Gasteiger charge is -2.32. The van der Waals surface area contributed by atoms with Crippen LogP contribution in [0.4, 0.5) is 0 Å². The van der Waals surface area contributed by atoms with Crippen LogP contribution in [0.3, 0.4) is 0 Å². The number of hydrogen-bond donors (Lipinski definition) is 0. The molecule has 1 fully saturated rings. The Bertz CT molecular complexity index is 244. The van der Waals surface area contributed by atoms with Crippen molar-refractivity contribution < 1.29 is 19.0 Å². The van der Waals surface area contributed by atoms with Gasteiger partial charge in [0.25, 0.3) is 0 Å². The van der Waals surface area contributed by atoms with E-state index in [-0.39, 0.29) is 17.7 Å². The Morgan fingerprint density at radius 2 is 2.11 bits per heavy atom. The maximum absolute atomic E-state index is 10.7. The molecule has 0 spiro atoms. The van der Waals surface area contributed by atoms with Crippen molar-refractivity contribution in [3.63, 3.8) is 0 Å². The fourth-order valence-corrected chi connectivity index (χ4v) is 1.85. The average molecular weight is 258 g/mol. The fourth-order valence-electron chi connectivity index (χ4n) is 1.85. The molecule has 1 aliphatic rings. The van der Waals surface area contributed by atoms with E-state index in [0.29, 0.717) is 19.6 Å². The largest absolute Gasteiger partial charge is 0.381 e. The van der Waals surface area contributed by atoms with Gasteiger partial charge in [0, 0.05) is 19.6 Å². The Kier molecular flexibility index (Phi) is 6.82. The first kappa shape index (κ1) is 15.6. The standard InChI is InChI=1S/C14H26O4/c1-12(15)7-10-16-11-8-14(2,3)18-13-6-4-5-9-17-13/h13H,4-11H2,1-3H3. The number of rotatable bonds is 8. The van der Waals surface area contributed by atoms with Crippen LogP contribution >= 0.6 is 0 Å². The van der Waals surface area contributed by atoms with Crippen LogP contribution in [0.1, 0.15) is 52.9 Å². The summed E-state index contributed by atoms with van der Waals surface area (Å²) in [5.74, 6) is 0.168. The molecule has 0 bridgehead atoms. The molecule has 1 saturated heterocycles. The van der Waals surface area contributed by atoms with Crippen LogP contribution in [-0.2, 0) is 19.0 Å². The maximum Gasteiger partial charge on any atom is 0.158 e. The van der Waals surface area contributed by atoms with E-state index in [1.807, 2.05) is 0 Å². The van der Waals surface area contributed by atoms with E-state index in [2.05, 4.69) is 13.8 Å². The molecule has 0 saturated carbocycles. The Labute approximate surface area is 110 Å². The number of ketones is 1. The second kappa shape index (κ2) is 7.87. The van der Waals surface area contributed by atoms with Crippen LogP contribution in [0.25, 0.3) is 0 Å². The fraction of sp³-hybridized carbons (Fsp3) is 0.929. The Hall–Kier alpha value is -0.450. The summed E-state index contributed by atoms with van der Waals surface area (Å²) in [7, 11) is 0. The second-order valence-corrected chi connectivity index (χ2v) is 5.49. The summed E-state index contributed by atoms with van der Waals surface area (Å²) in [5, 5.41) is 0. The van der Waals surface area contributed by atoms with Gasteiger partial charge in [0.1, 0.15) is 5.78 Å². The predicted molar refractivity (Wildman–Crippen MR) is 69.5 cm³/mol. The van der Waals surface area contributed by atoms with Gasteiger partial charge in [0.15, 0.2) is 6.29 Å². The van der Waals surface area contributed by atoms with Crippen molar-refractivity contribution in [3.8, 4) is 0 Å². The zero-order valence-electron chi connectivity index (χ0n) is 11.9. The van der Waals surface area contributed by atoms with E-state index in [1.54, 1.807) is 6.92 Å². The quantitative estimate of drug-likeness (QED) is 0.628. The highest BCUT2D eigenvalue weighted by Crippen LogP contribution is 2.23. The summed E-state index contributed by atoms with van der Waals surface area (Å²) in [6.07, 6.45) is 4.53. The normalized spacial score (nSPS) is 20.9. The van der Waals surface area contributed by atoms with E-state index in [4.69, 9.17) is 14.2 Å². The van der Waals surface area contributed by atoms with Gasteiger partial charge in [0.05, 0.1) is 12.2 Å². The zero-order valence-corrected chi connectivity index (χ0v) is 11.9. The molecule has 0 aromatic carbocycles. The third kappa shape index (κ3) is 7.09. The Morgan fingerprint density at radius 3 is 2.72 bits per heavy atom. The van der Waals surface area contributed by atoms with E-state index < -0.39 is 0 Å². The number of Topliss-reactive ketones (excluding diaryl/α,β-unsaturated/α-hetero) is 1. The van der Waals surface area contributed by atoms with Gasteiger partial charge in [-0.3, -0.25) is 4.79 Å². The lowest BCUT2D eigenvalue weighted by atomic mass is 10.1. The molecule has 1 heterocycles. The van der Waals surface area contributed by atoms with Crippen LogP contribution in [0.5, 0.6) is 0 Å². The predicted octanol–water partition coefficient (Wildman–Crippen LogP) is 2.69. The summed E-state index contributed by atoms with van der Waals surface area (Å²) in [6.45, 7) is 7.61. The van der Waals surface area contributed by atoms with Crippen molar-refractivity contribution in [1.82, 2.24) is 0 Å². The van der Waals surface area contributed by atoms with Crippen LogP contribution in [0, 0.1) is 0 Å². The number of hydrogen-bond acceptors (Lipinski definition) is 4. The molecule has 18 heavy (non-hydrogen) atoms. The molecule has 0 N–H and O–H groups in total. The van der Waals surface area contributed by atoms with Crippen LogP contribution < -0.4 is 0 Å². The molecule has 4 nitrogen and oxygen atoms in total. The average Bonchev–Trinajstić information content (AvgIpc) is 2.28. The highest BCUT2D eigenvalue weighted by Gasteiger charge is 2.25. The monoisotopic (exact) mass is 258 g/mol. The molecular formula is C14H26O4. The van der Waals surface area contributed by atoms with Crippen molar-refractivity contribution in [1.29, 1.82) is 0 Å². The van der Waals surface area contributed by atoms with E-state index in [9.17, 15) is 4.79 Å². The molecule has 0 amide bonds. The summed E-state index contributed by atoms with van der Waals surface area (Å²) in [5.41, 5.74) is -0.238. The van der Waals surface area contributed by atoms with Crippen molar-refractivity contribution in [2.24, 2.45) is 0 Å². The Morgan fingerprint density at radius 1 is 1.33 bits per heavy atom. The molecule has 1 aliphatic heterocycles. The molecule has 1 atom stereocenters. The summed E-state index contributed by atoms with van der Waals surface area (Å²) in [4.78, 5) is 10.7. The van der Waals surface area contributed by atoms with Gasteiger partial charge in [-0.1, -0.05) is 0 Å². The van der Waals surface area contributed by atoms with Crippen molar-refractivity contribution in [3.05, 3.63) is 0 Å². The molecule has 0 aromatic heterocycles. The molecule has 0 radical (unpaired) electrons. The van der Waals surface area contributed by atoms with Crippen molar-refractivity contribution in [2.75, 3.05) is 19.8 Å². The van der Waals surface area contributed by atoms with Gasteiger partial charge in [-0.25, -0.2) is 0 Å². The van der Waals surface area contributed by atoms with Gasteiger partial charge in [0.2, 0.25) is 0 Å². The van der Waals surface area contributed by atoms with Crippen LogP contribution in [0.2, 0.25) is 0 Å². The lowest BCUT2D eigenvalue weighted by molar-refractivity contribution is -0.219. The van der Waals surface area contributed by atoms with Crippen LogP contribution in [-0.4, -0.2) is 37.5 Å². The van der Waals surface area contributed by atoms with Crippen LogP contribution in [0.15, 0.2) is 0 Å². The molecular weight excluding hydrogens is 232 g/mol. The molecule has 0 aliphatic carbocycles. The van der Waals surface area contributed by atoms with Gasteiger partial charge in [-0.15, -0.1) is 0 Å². The first-order valence-corrected chi connectivity index (χ1v) is 6.86. The van der Waals surface area contributed by atoms with Gasteiger partial charge < -0.3 is 14.2 Å². The molecule has 0 aromatic rings. The number of ether oxygens (including phenoxy) is 3. The first-order chi connectivity index (χ1) is 8.49. The summed E-state index contributed by atoms with van der Waals surface area (Å²) >= 11 is 0. The topological polar surface area (TPSA) is 44.8 Å². The van der Waals surface area contributed by atoms with E-state index in [1.165, 1.54) is 6.42 Å². The molecule has 106 valence electrons. The minimum atomic E-state index is -0.238. The van der Waals surface area contributed by atoms with Crippen molar-refractivity contribution in [2.45, 2.75) is 64.8 Å². The molecule has 1 unspecified atom stereocenters. The van der Waals surface area contributed by atoms with Gasteiger partial charge in [-0.05, 0) is 46.5 Å². The lowest BCUT2D eigenvalue weighted by Crippen LogP contribution is -2.35. The maximum atomic E-state index is 10.7. The second-order valence-electron chi connectivity index (χ2n) is 5.49. The molecule has 4 heteroatoms. The minimum absolute atomic E-state index is 0.0639. The SMILES string of the molecule is CC(=O)CCOCCC(C)(C)OC1CCCCO1. The minimum Gasteiger partial charge on any atom is -0.381 e. The van der Waals surface area contributed by atoms with Crippen molar-refractivity contribution >= 4 is 5.78 Å². The Balaban J connectivity index is 2.12. The third-order valence-corrected chi connectivity index (χ3v) is 3.04. The van der Waals surface area contributed by atoms with Gasteiger partial charge >= 0.3 is 0 Å². The third-order valence-electron chi connectivity index (χ3n) is 3.04. The highest BCUT2D eigenvalue weighted by molar-refractivity contribution is 5.75.